The van der Waals surface area contributed by atoms with Gasteiger partial charge in [-0.2, -0.15) is 0 Å². The monoisotopic (exact) mass is 215 g/mol. The van der Waals surface area contributed by atoms with Crippen LogP contribution in [-0.4, -0.2) is 18.8 Å². The summed E-state index contributed by atoms with van der Waals surface area (Å²) < 4.78 is 13.2. The molecule has 1 rings (SSSR count). The van der Waals surface area contributed by atoms with Gasteiger partial charge in [0.05, 0.1) is 5.69 Å². The molecule has 0 unspecified atom stereocenters. The summed E-state index contributed by atoms with van der Waals surface area (Å²) in [5, 5.41) is 0. The first-order valence-corrected chi connectivity index (χ1v) is 4.77. The zero-order valence-corrected chi connectivity index (χ0v) is 8.59. The highest BCUT2D eigenvalue weighted by atomic mass is 35.5. The average Bonchev–Trinajstić information content (AvgIpc) is 2.18. The van der Waals surface area contributed by atoms with Crippen molar-refractivity contribution in [3.8, 4) is 0 Å². The van der Waals surface area contributed by atoms with Gasteiger partial charge in [0.1, 0.15) is 5.82 Å². The molecule has 1 aromatic carbocycles. The van der Waals surface area contributed by atoms with Crippen LogP contribution in [0, 0.1) is 5.82 Å². The van der Waals surface area contributed by atoms with Crippen LogP contribution in [-0.2, 0) is 4.79 Å². The molecule has 2 nitrogen and oxygen atoms in total. The number of benzene rings is 1. The molecule has 0 N–H and O–H groups in total. The van der Waals surface area contributed by atoms with Crippen LogP contribution in [0.4, 0.5) is 10.1 Å². The van der Waals surface area contributed by atoms with Gasteiger partial charge in [0.25, 0.3) is 0 Å². The van der Waals surface area contributed by atoms with Crippen LogP contribution in [0.25, 0.3) is 0 Å². The smallest absolute Gasteiger partial charge is 0.228 e. The van der Waals surface area contributed by atoms with Gasteiger partial charge in [-0.15, -0.1) is 11.6 Å². The third-order valence-corrected chi connectivity index (χ3v) is 2.09. The molecule has 0 heterocycles. The summed E-state index contributed by atoms with van der Waals surface area (Å²) in [5.74, 6) is -0.347. The van der Waals surface area contributed by atoms with E-state index in [1.807, 2.05) is 0 Å². The van der Waals surface area contributed by atoms with Gasteiger partial charge in [0.15, 0.2) is 0 Å². The predicted molar refractivity (Wildman–Crippen MR) is 55.1 cm³/mol. The highest BCUT2D eigenvalue weighted by molar-refractivity contribution is 6.19. The number of para-hydroxylation sites is 1. The molecule has 0 aromatic heterocycles. The van der Waals surface area contributed by atoms with Crippen molar-refractivity contribution in [1.82, 2.24) is 0 Å². The van der Waals surface area contributed by atoms with Crippen LogP contribution in [0.1, 0.15) is 6.42 Å². The fourth-order valence-electron chi connectivity index (χ4n) is 1.11. The van der Waals surface area contributed by atoms with Crippen molar-refractivity contribution in [3.63, 3.8) is 0 Å². The second-order valence-electron chi connectivity index (χ2n) is 2.84. The summed E-state index contributed by atoms with van der Waals surface area (Å²) >= 11 is 5.43. The number of hydrogen-bond donors (Lipinski definition) is 0. The zero-order chi connectivity index (χ0) is 10.6. The number of alkyl halides is 1. The van der Waals surface area contributed by atoms with E-state index in [2.05, 4.69) is 0 Å². The number of carbonyl (C=O) groups is 1. The maximum absolute atomic E-state index is 13.2. The molecular weight excluding hydrogens is 205 g/mol. The molecule has 76 valence electrons. The maximum atomic E-state index is 13.2. The van der Waals surface area contributed by atoms with Gasteiger partial charge in [-0.25, -0.2) is 4.39 Å². The number of hydrogen-bond acceptors (Lipinski definition) is 1. The van der Waals surface area contributed by atoms with E-state index < -0.39 is 5.82 Å². The summed E-state index contributed by atoms with van der Waals surface area (Å²) in [5.41, 5.74) is 0.280. The number of nitrogens with zero attached hydrogens (tertiary/aromatic N) is 1. The van der Waals surface area contributed by atoms with E-state index >= 15 is 0 Å². The van der Waals surface area contributed by atoms with Crippen molar-refractivity contribution in [2.75, 3.05) is 17.8 Å². The third-order valence-electron chi connectivity index (χ3n) is 1.90. The first-order valence-electron chi connectivity index (χ1n) is 4.24. The van der Waals surface area contributed by atoms with E-state index in [-0.39, 0.29) is 23.9 Å². The number of anilines is 1. The highest BCUT2D eigenvalue weighted by Crippen LogP contribution is 2.17. The molecule has 1 aromatic rings. The fraction of sp³-hybridized carbons (Fsp3) is 0.300. The Hall–Kier alpha value is -1.09. The number of amides is 1. The van der Waals surface area contributed by atoms with Crippen molar-refractivity contribution >= 4 is 23.2 Å². The Balaban J connectivity index is 2.84. The van der Waals surface area contributed by atoms with Crippen LogP contribution < -0.4 is 4.90 Å². The molecule has 1 amide bonds. The lowest BCUT2D eigenvalue weighted by molar-refractivity contribution is -0.117. The van der Waals surface area contributed by atoms with Gasteiger partial charge in [-0.3, -0.25) is 4.79 Å². The van der Waals surface area contributed by atoms with Gasteiger partial charge in [-0.05, 0) is 12.1 Å². The molecule has 0 fully saturated rings. The second-order valence-corrected chi connectivity index (χ2v) is 3.22. The summed E-state index contributed by atoms with van der Waals surface area (Å²) in [7, 11) is 1.54. The minimum Gasteiger partial charge on any atom is -0.313 e. The largest absolute Gasteiger partial charge is 0.313 e. The number of rotatable bonds is 3. The molecule has 0 saturated heterocycles. The standard InChI is InChI=1S/C10H11ClFNO/c1-13(10(14)6-7-11)9-5-3-2-4-8(9)12/h2-5H,6-7H2,1H3. The Morgan fingerprint density at radius 3 is 2.71 bits per heavy atom. The lowest BCUT2D eigenvalue weighted by Crippen LogP contribution is -2.27. The third kappa shape index (κ3) is 2.45. The average molecular weight is 216 g/mol. The highest BCUT2D eigenvalue weighted by Gasteiger charge is 2.12. The molecular formula is C10H11ClFNO. The van der Waals surface area contributed by atoms with Gasteiger partial charge < -0.3 is 4.90 Å². The minimum atomic E-state index is -0.405. The van der Waals surface area contributed by atoms with Gasteiger partial charge >= 0.3 is 0 Å². The SMILES string of the molecule is CN(C(=O)CCCl)c1ccccc1F. The Morgan fingerprint density at radius 2 is 2.14 bits per heavy atom. The van der Waals surface area contributed by atoms with Crippen molar-refractivity contribution in [3.05, 3.63) is 30.1 Å². The molecule has 0 bridgehead atoms. The summed E-state index contributed by atoms with van der Waals surface area (Å²) in [6, 6.07) is 6.14. The lowest BCUT2D eigenvalue weighted by Gasteiger charge is -2.17. The molecule has 0 saturated carbocycles. The van der Waals surface area contributed by atoms with Crippen LogP contribution in [0.5, 0.6) is 0 Å². The Bertz CT molecular complexity index is 330. The Morgan fingerprint density at radius 1 is 1.50 bits per heavy atom. The number of carbonyl (C=O) groups excluding carboxylic acids is 1. The number of halogens is 2. The normalized spacial score (nSPS) is 9.93. The van der Waals surface area contributed by atoms with E-state index in [1.165, 1.54) is 18.0 Å². The van der Waals surface area contributed by atoms with E-state index in [0.29, 0.717) is 0 Å². The van der Waals surface area contributed by atoms with Crippen molar-refractivity contribution in [2.45, 2.75) is 6.42 Å². The summed E-state index contributed by atoms with van der Waals surface area (Å²) in [6.45, 7) is 0. The van der Waals surface area contributed by atoms with E-state index in [0.717, 1.165) is 0 Å². The molecule has 0 atom stereocenters. The predicted octanol–water partition coefficient (Wildman–Crippen LogP) is 2.42. The Labute approximate surface area is 87.3 Å². The fourth-order valence-corrected chi connectivity index (χ4v) is 1.27. The van der Waals surface area contributed by atoms with Gasteiger partial charge in [0.2, 0.25) is 5.91 Å². The van der Waals surface area contributed by atoms with Crippen LogP contribution in [0.2, 0.25) is 0 Å². The van der Waals surface area contributed by atoms with Crippen molar-refractivity contribution < 1.29 is 9.18 Å². The summed E-state index contributed by atoms with van der Waals surface area (Å²) in [4.78, 5) is 12.6. The molecule has 0 aliphatic rings. The van der Waals surface area contributed by atoms with Crippen LogP contribution in [0.3, 0.4) is 0 Å². The molecule has 0 aliphatic carbocycles. The molecule has 0 spiro atoms. The molecule has 14 heavy (non-hydrogen) atoms. The lowest BCUT2D eigenvalue weighted by atomic mass is 10.2. The van der Waals surface area contributed by atoms with E-state index in [4.69, 9.17) is 11.6 Å². The van der Waals surface area contributed by atoms with Crippen molar-refractivity contribution in [2.24, 2.45) is 0 Å². The topological polar surface area (TPSA) is 20.3 Å². The van der Waals surface area contributed by atoms with E-state index in [9.17, 15) is 9.18 Å². The molecule has 0 aliphatic heterocycles. The Kier molecular flexibility index (Phi) is 3.89. The minimum absolute atomic E-state index is 0.190. The zero-order valence-electron chi connectivity index (χ0n) is 7.84. The maximum Gasteiger partial charge on any atom is 0.228 e. The van der Waals surface area contributed by atoms with Crippen molar-refractivity contribution in [1.29, 1.82) is 0 Å². The second kappa shape index (κ2) is 4.96. The first kappa shape index (κ1) is 11.0. The van der Waals surface area contributed by atoms with Gasteiger partial charge in [-0.1, -0.05) is 12.1 Å². The quantitative estimate of drug-likeness (QED) is 0.710. The van der Waals surface area contributed by atoms with Gasteiger partial charge in [0, 0.05) is 19.3 Å². The van der Waals surface area contributed by atoms with E-state index in [1.54, 1.807) is 18.2 Å². The van der Waals surface area contributed by atoms with Crippen LogP contribution >= 0.6 is 11.6 Å². The molecule has 0 radical (unpaired) electrons. The summed E-state index contributed by atoms with van der Waals surface area (Å²) in [6.07, 6.45) is 0.215. The van der Waals surface area contributed by atoms with Crippen LogP contribution in [0.15, 0.2) is 24.3 Å². The molecule has 4 heteroatoms. The first-order chi connectivity index (χ1) is 6.66.